The Morgan fingerprint density at radius 1 is 0.421 bits per heavy atom. The first-order valence-corrected chi connectivity index (χ1v) is 48.2. The number of carboxylic acid groups (broad SMARTS) is 1. The lowest BCUT2D eigenvalue weighted by Gasteiger charge is -2.25. The minimum absolute atomic E-state index is 0. The lowest BCUT2D eigenvalue weighted by Crippen LogP contribution is -2.49. The number of nitrogens with one attached hydrogen (secondary N) is 4. The number of hydrogen-bond acceptors (Lipinski definition) is 19. The molecule has 0 bridgehead atoms. The van der Waals surface area contributed by atoms with Gasteiger partial charge in [-0.3, -0.25) is 33.8 Å². The van der Waals surface area contributed by atoms with E-state index in [0.29, 0.717) is 84.5 Å². The van der Waals surface area contributed by atoms with Gasteiger partial charge >= 0.3 is 48.8 Å². The van der Waals surface area contributed by atoms with Gasteiger partial charge in [0.05, 0.1) is 63.8 Å². The number of aliphatic carboxylic acids is 1. The van der Waals surface area contributed by atoms with Crippen molar-refractivity contribution in [2.75, 3.05) is 56.7 Å². The number of carbonyl (C=O) groups excluding carboxylic acids is 10. The maximum absolute atomic E-state index is 13.6. The van der Waals surface area contributed by atoms with Crippen LogP contribution in [0.25, 0.3) is 0 Å². The van der Waals surface area contributed by atoms with E-state index in [1.54, 1.807) is 62.6 Å². The molecule has 0 aromatic heterocycles. The van der Waals surface area contributed by atoms with Gasteiger partial charge in [0.2, 0.25) is 23.9 Å². The Morgan fingerprint density at radius 3 is 1.16 bits per heavy atom. The minimum Gasteiger partial charge on any atom is -0.481 e. The number of hydrogen-bond donors (Lipinski definition) is 6. The molecule has 13 rings (SSSR count). The molecule has 2 unspecified atom stereocenters. The molecule has 0 saturated carbocycles. The van der Waals surface area contributed by atoms with Crippen LogP contribution in [0.3, 0.4) is 0 Å². The number of nitrogens with zero attached hydrogens (tertiary/aromatic N) is 6. The number of likely N-dealkylation sites (N-methyl/N-ethyl adjacent to an activating group) is 2. The van der Waals surface area contributed by atoms with E-state index in [1.165, 1.54) is 43.9 Å². The van der Waals surface area contributed by atoms with E-state index in [2.05, 4.69) is 52.0 Å². The molecular weight excluding hydrogens is 2010 g/mol. The molecule has 36 heteroatoms. The fourth-order valence-electron chi connectivity index (χ4n) is 15.9. The molecule has 0 aliphatic carbocycles. The van der Waals surface area contributed by atoms with Gasteiger partial charge in [-0.2, -0.15) is 26.3 Å². The van der Waals surface area contributed by atoms with Crippen molar-refractivity contribution in [1.82, 2.24) is 31.1 Å². The van der Waals surface area contributed by atoms with Gasteiger partial charge < -0.3 is 65.6 Å². The Balaban J connectivity index is 0.000000253. The molecule has 28 nitrogen and oxygen atoms in total. The summed E-state index contributed by atoms with van der Waals surface area (Å²) in [6.07, 6.45) is 1.27. The van der Waals surface area contributed by atoms with Crippen molar-refractivity contribution in [2.45, 2.75) is 206 Å². The Hall–Kier alpha value is -13.6. The third-order valence-corrected chi connectivity index (χ3v) is 23.9. The molecule has 2 fully saturated rings. The Bertz CT molecular complexity index is 5650. The lowest BCUT2D eigenvalue weighted by molar-refractivity contribution is -0.142. The van der Waals surface area contributed by atoms with E-state index >= 15 is 0 Å². The first-order valence-electron chi connectivity index (χ1n) is 48.2. The van der Waals surface area contributed by atoms with Gasteiger partial charge in [0, 0.05) is 62.4 Å². The van der Waals surface area contributed by atoms with Gasteiger partial charge in [0.25, 0.3) is 11.8 Å². The molecule has 10 amide bonds. The summed E-state index contributed by atoms with van der Waals surface area (Å²) < 4.78 is 104. The van der Waals surface area contributed by atoms with Crippen molar-refractivity contribution in [1.29, 1.82) is 0 Å². The Kier molecular flexibility index (Phi) is 50.2. The van der Waals surface area contributed by atoms with Crippen LogP contribution in [-0.4, -0.2) is 164 Å². The number of alkyl carbamates (subject to hydrolysis) is 3. The summed E-state index contributed by atoms with van der Waals surface area (Å²) in [5, 5.41) is 19.7. The van der Waals surface area contributed by atoms with E-state index in [1.807, 2.05) is 159 Å². The predicted octanol–water partition coefficient (Wildman–Crippen LogP) is 21.5. The molecular formula is C109H129Br2F6N11O17. The molecule has 145 heavy (non-hydrogen) atoms. The molecule has 778 valence electrons. The van der Waals surface area contributed by atoms with Crippen molar-refractivity contribution in [3.05, 3.63) is 310 Å². The zero-order valence-corrected chi connectivity index (χ0v) is 85.6. The highest BCUT2D eigenvalue weighted by molar-refractivity contribution is 8.93. The number of benzene rings is 9. The van der Waals surface area contributed by atoms with E-state index in [4.69, 9.17) is 34.5 Å². The molecule has 0 radical (unpaired) electrons. The molecule has 2 saturated heterocycles. The molecule has 4 heterocycles. The zero-order chi connectivity index (χ0) is 103. The standard InChI is InChI=1S/C33H35F3N4O4.C26H32N2O5.C17H14F3N3O.C17H23NO3.C16H23NO4.2BrH/c1-3-4-6-13-24(20-37-32(43)44-21-22-11-7-5-8-12-22)30(41)39-29-31(42)40(2)27-15-10-9-14-26(27)28(38-29)23-16-18-25(19-17-23)33(34,35)36;1-2-3-6-15-22(17-27-25(30)32-18-21-13-9-5-10-14-21)24(29)28-23(19-33-26(28)31)16-20-11-7-4-8-12-20;1-23-13-5-3-2-4-12(13)14(22-15(21)16(23)24)10-6-8-11(9-7-10)17(18,19)20;1-2-3-4-8-11-16(19)18-15(13-21-17(18)20)12-14-9-6-5-7-10-14;1-2-3-5-10-14(15(18)19)11-17-16(20)21-12-13-8-6-4-7-9-13;;/h5,7-12,14-19,24,29H,3-4,6,13,20-21H2,1-2H3,(H,37,43)(H,39,41);4-5,7-14,22-23H,2-3,6,15-19H2,1H3,(H,27,30);2-9,15H,21H2,1H3;5-7,9-10,15H,2-4,8,11-13H2,1H3;4,6-9,14H,2-3,5,10-12H2,1H3,(H,17,20)(H,18,19);2*1H/t24-,29?;22-,23+;;15-;14-;;/m00.10../s1. The minimum atomic E-state index is -4.51. The lowest BCUT2D eigenvalue weighted by atomic mass is 9.98. The average Bonchev–Trinajstić information content (AvgIpc) is 1.66. The van der Waals surface area contributed by atoms with Crippen LogP contribution in [0, 0.1) is 17.8 Å². The highest BCUT2D eigenvalue weighted by atomic mass is 79.9. The van der Waals surface area contributed by atoms with Crippen LogP contribution in [0.15, 0.2) is 259 Å². The van der Waals surface area contributed by atoms with Crippen LogP contribution in [0.5, 0.6) is 0 Å². The fourth-order valence-corrected chi connectivity index (χ4v) is 15.9. The van der Waals surface area contributed by atoms with Crippen LogP contribution in [0.4, 0.5) is 61.7 Å². The maximum Gasteiger partial charge on any atom is 0.416 e. The summed E-state index contributed by atoms with van der Waals surface area (Å²) in [7, 11) is 3.14. The first kappa shape index (κ1) is 118. The summed E-state index contributed by atoms with van der Waals surface area (Å²) in [6.45, 7) is 9.39. The number of ether oxygens (including phenoxy) is 5. The van der Waals surface area contributed by atoms with Gasteiger partial charge in [0.15, 0.2) is 6.17 Å². The third kappa shape index (κ3) is 38.1. The Morgan fingerprint density at radius 2 is 0.759 bits per heavy atom. The SMILES string of the molecule is Br.Br.CCCCCCC(=O)N1C(=O)OC[C@H]1Cc1ccccc1.CCCCC[C@@H](CNC(=O)OCc1ccccc1)C(=O)N1C(=O)OC[C@H]1Cc1ccccc1.CCCCC[C@@H](CNC(=O)OCc1ccccc1)C(=O)NC1N=C(c2ccc(C(F)(F)F)cc2)c2ccccc2N(C)C1=O.CCCCC[C@@H](CNC(=O)OCc1ccccc1)C(=O)O.CN1C(=O)C(N)N=C(c2ccc(C(F)(F)F)cc2)c2ccccc21. The van der Waals surface area contributed by atoms with Crippen molar-refractivity contribution in [3.8, 4) is 0 Å². The van der Waals surface area contributed by atoms with Crippen molar-refractivity contribution in [3.63, 3.8) is 0 Å². The van der Waals surface area contributed by atoms with E-state index in [0.717, 1.165) is 136 Å². The number of halogens is 8. The second-order valence-corrected chi connectivity index (χ2v) is 34.7. The zero-order valence-electron chi connectivity index (χ0n) is 82.1. The smallest absolute Gasteiger partial charge is 0.416 e. The maximum atomic E-state index is 13.6. The number of anilines is 2. The van der Waals surface area contributed by atoms with Crippen LogP contribution in [0.1, 0.15) is 198 Å². The largest absolute Gasteiger partial charge is 0.481 e. The number of unbranched alkanes of at least 4 members (excludes halogenated alkanes) is 9. The van der Waals surface area contributed by atoms with Gasteiger partial charge in [-0.15, -0.1) is 34.0 Å². The number of amides is 10. The van der Waals surface area contributed by atoms with Crippen LogP contribution < -0.4 is 36.8 Å². The molecule has 9 aromatic rings. The van der Waals surface area contributed by atoms with Crippen molar-refractivity contribution < 1.29 is 108 Å². The topological polar surface area (TPSA) is 366 Å². The van der Waals surface area contributed by atoms with Crippen LogP contribution in [0.2, 0.25) is 0 Å². The third-order valence-electron chi connectivity index (χ3n) is 23.9. The monoisotopic (exact) mass is 2140 g/mol. The van der Waals surface area contributed by atoms with Gasteiger partial charge in [-0.1, -0.05) is 317 Å². The fraction of sp³-hybridized carbons (Fsp3) is 0.385. The van der Waals surface area contributed by atoms with Crippen molar-refractivity contribution in [2.24, 2.45) is 33.5 Å². The molecule has 9 aromatic carbocycles. The van der Waals surface area contributed by atoms with Gasteiger partial charge in [0.1, 0.15) is 33.0 Å². The average molecular weight is 2140 g/mol. The Labute approximate surface area is 862 Å². The molecule has 7 N–H and O–H groups in total. The number of imide groups is 2. The summed E-state index contributed by atoms with van der Waals surface area (Å²) in [6, 6.07) is 70.1. The number of nitrogens with two attached hydrogens (primary N) is 1. The number of benzodiazepines with no additional fused rings is 2. The number of rotatable bonds is 39. The number of carbonyl (C=O) groups is 11. The summed E-state index contributed by atoms with van der Waals surface area (Å²) in [4.78, 5) is 151. The second kappa shape index (κ2) is 61.5. The van der Waals surface area contributed by atoms with Crippen LogP contribution >= 0.6 is 34.0 Å². The normalized spacial score (nSPS) is 15.6. The molecule has 0 spiro atoms. The number of alkyl halides is 6. The van der Waals surface area contributed by atoms with E-state index in [9.17, 15) is 79.1 Å². The molecule has 7 atom stereocenters. The van der Waals surface area contributed by atoms with E-state index in [-0.39, 0.29) is 116 Å². The molecule has 4 aliphatic heterocycles. The quantitative estimate of drug-likeness (QED) is 0.0118. The molecule has 4 aliphatic rings. The number of aliphatic imine (C=N–C) groups is 2. The summed E-state index contributed by atoms with van der Waals surface area (Å²) >= 11 is 0. The number of para-hydroxylation sites is 2. The van der Waals surface area contributed by atoms with E-state index < -0.39 is 102 Å². The highest BCUT2D eigenvalue weighted by Crippen LogP contribution is 2.35. The van der Waals surface area contributed by atoms with Gasteiger partial charge in [-0.25, -0.2) is 38.8 Å². The predicted molar refractivity (Wildman–Crippen MR) is 552 cm³/mol. The first-order chi connectivity index (χ1) is 68.8. The number of carboxylic acids is 1. The highest BCUT2D eigenvalue weighted by Gasteiger charge is 2.43. The van der Waals surface area contributed by atoms with Crippen LogP contribution in [-0.2, 0) is 97.5 Å². The number of fused-ring (bicyclic) bond motifs is 2. The summed E-state index contributed by atoms with van der Waals surface area (Å²) in [5.74, 6) is -4.44. The summed E-state index contributed by atoms with van der Waals surface area (Å²) in [5.41, 5.74) is 12.8. The van der Waals surface area contributed by atoms with Crippen molar-refractivity contribution >= 4 is 123 Å². The number of cyclic esters (lactones) is 2. The second-order valence-electron chi connectivity index (χ2n) is 34.7. The van der Waals surface area contributed by atoms with Gasteiger partial charge in [-0.05, 0) is 103 Å².